The fourth-order valence-corrected chi connectivity index (χ4v) is 4.45. The molecule has 0 fully saturated rings. The molecule has 0 saturated heterocycles. The minimum absolute atomic E-state index is 0.117. The maximum Gasteiger partial charge on any atom is 0.323 e. The molecule has 2 N–H and O–H groups in total. The number of esters is 1. The lowest BCUT2D eigenvalue weighted by molar-refractivity contribution is -0.148. The molecule has 0 bridgehead atoms. The van der Waals surface area contributed by atoms with Crippen molar-refractivity contribution in [2.24, 2.45) is 0 Å². The summed E-state index contributed by atoms with van der Waals surface area (Å²) in [5.74, 6) is -0.632. The molecule has 0 amide bonds. The van der Waals surface area contributed by atoms with Gasteiger partial charge in [0.2, 0.25) is 0 Å². The van der Waals surface area contributed by atoms with Crippen molar-refractivity contribution < 1.29 is 18.8 Å². The van der Waals surface area contributed by atoms with E-state index in [-0.39, 0.29) is 16.9 Å². The molecule has 0 saturated carbocycles. The molecule has 142 valence electrons. The number of methoxy groups -OCH3 is 1. The van der Waals surface area contributed by atoms with Crippen LogP contribution in [0.25, 0.3) is 10.8 Å². The Morgan fingerprint density at radius 2 is 1.85 bits per heavy atom. The van der Waals surface area contributed by atoms with E-state index in [0.29, 0.717) is 0 Å². The zero-order chi connectivity index (χ0) is 19.5. The number of carbonyl (C=O) groups excluding carboxylic acids is 1. The highest BCUT2D eigenvalue weighted by Gasteiger charge is 2.32. The summed E-state index contributed by atoms with van der Waals surface area (Å²) in [6.45, 7) is 4.83. The van der Waals surface area contributed by atoms with Crippen molar-refractivity contribution in [2.45, 2.75) is 32.9 Å². The number of benzene rings is 1. The van der Waals surface area contributed by atoms with E-state index in [9.17, 15) is 18.9 Å². The third-order valence-electron chi connectivity index (χ3n) is 3.53. The van der Waals surface area contributed by atoms with Gasteiger partial charge < -0.3 is 9.47 Å². The van der Waals surface area contributed by atoms with Gasteiger partial charge in [0, 0.05) is 7.11 Å². The second-order valence-corrected chi connectivity index (χ2v) is 8.38. The van der Waals surface area contributed by atoms with Crippen LogP contribution in [-0.2, 0) is 18.8 Å². The Bertz CT molecular complexity index is 964. The van der Waals surface area contributed by atoms with Crippen LogP contribution >= 0.6 is 7.44 Å². The molecule has 0 spiro atoms. The summed E-state index contributed by atoms with van der Waals surface area (Å²) < 4.78 is 24.1. The Hall–Kier alpha value is -2.22. The molecule has 0 aliphatic heterocycles. The highest BCUT2D eigenvalue weighted by atomic mass is 31.2. The van der Waals surface area contributed by atoms with Gasteiger partial charge >= 0.3 is 5.97 Å². The van der Waals surface area contributed by atoms with E-state index in [1.807, 2.05) is 0 Å². The minimum Gasteiger partial charge on any atom is -0.462 e. The summed E-state index contributed by atoms with van der Waals surface area (Å²) in [6.07, 6.45) is -0.753. The molecule has 1 unspecified atom stereocenters. The molecule has 26 heavy (non-hydrogen) atoms. The van der Waals surface area contributed by atoms with Crippen LogP contribution in [0.1, 0.15) is 20.8 Å². The summed E-state index contributed by atoms with van der Waals surface area (Å²) in [7, 11) is -2.52. The molecule has 10 heteroatoms. The lowest BCUT2D eigenvalue weighted by atomic mass is 10.2. The van der Waals surface area contributed by atoms with Gasteiger partial charge in [-0.15, -0.1) is 0 Å². The first-order chi connectivity index (χ1) is 12.2. The summed E-state index contributed by atoms with van der Waals surface area (Å²) in [5, 5.41) is 5.22. The Labute approximate surface area is 149 Å². The number of fused-ring (bicyclic) bond motifs is 1. The van der Waals surface area contributed by atoms with Crippen molar-refractivity contribution in [2.75, 3.05) is 13.5 Å². The monoisotopic (exact) mass is 383 g/mol. The van der Waals surface area contributed by atoms with Gasteiger partial charge in [0.15, 0.2) is 0 Å². The first-order valence-electron chi connectivity index (χ1n) is 8.01. The number of aromatic amines is 1. The number of nitrogens with zero attached hydrogens (tertiary/aromatic N) is 1. The molecule has 1 aromatic carbocycles. The van der Waals surface area contributed by atoms with Gasteiger partial charge in [-0.05, 0) is 32.9 Å². The van der Waals surface area contributed by atoms with Gasteiger partial charge in [0.25, 0.3) is 18.6 Å². The quantitative estimate of drug-likeness (QED) is 0.546. The largest absolute Gasteiger partial charge is 0.462 e. The molecule has 0 aliphatic carbocycles. The molecule has 9 nitrogen and oxygen atoms in total. The highest BCUT2D eigenvalue weighted by molar-refractivity contribution is 7.60. The Balaban J connectivity index is 2.53. The van der Waals surface area contributed by atoms with Crippen LogP contribution in [0.15, 0.2) is 33.9 Å². The molecular weight excluding hydrogens is 361 g/mol. The number of aromatic nitrogens is 2. The molecule has 0 aliphatic rings. The average molecular weight is 383 g/mol. The van der Waals surface area contributed by atoms with E-state index in [0.717, 1.165) is 4.45 Å². The van der Waals surface area contributed by atoms with Crippen LogP contribution in [0.3, 0.4) is 0 Å². The van der Waals surface area contributed by atoms with Crippen molar-refractivity contribution in [3.8, 4) is 0 Å². The summed E-state index contributed by atoms with van der Waals surface area (Å²) in [6, 6.07) is 5.21. The van der Waals surface area contributed by atoms with Crippen molar-refractivity contribution in [1.29, 1.82) is 0 Å². The number of ether oxygens (including phenoxy) is 2. The topological polar surface area (TPSA) is 119 Å². The fraction of sp³-hybridized carbons (Fsp3) is 0.438. The molecule has 1 heterocycles. The maximum atomic E-state index is 13.4. The molecule has 0 radical (unpaired) electrons. The van der Waals surface area contributed by atoms with Crippen molar-refractivity contribution >= 4 is 24.2 Å². The van der Waals surface area contributed by atoms with E-state index in [1.165, 1.54) is 26.2 Å². The normalized spacial score (nSPS) is 15.0. The van der Waals surface area contributed by atoms with Crippen molar-refractivity contribution in [1.82, 2.24) is 14.6 Å². The van der Waals surface area contributed by atoms with Crippen LogP contribution in [-0.4, -0.2) is 41.1 Å². The molecular formula is C16H22N3O6P. The first kappa shape index (κ1) is 20.1. The molecule has 2 aromatic rings. The van der Waals surface area contributed by atoms with Gasteiger partial charge in [0.05, 0.1) is 16.9 Å². The van der Waals surface area contributed by atoms with Gasteiger partial charge in [0.1, 0.15) is 12.4 Å². The van der Waals surface area contributed by atoms with E-state index in [4.69, 9.17) is 9.47 Å². The minimum atomic E-state index is -3.82. The number of carbonyl (C=O) groups is 1. The third-order valence-corrected chi connectivity index (χ3v) is 5.86. The number of hydrogen-bond donors (Lipinski definition) is 2. The van der Waals surface area contributed by atoms with E-state index in [1.54, 1.807) is 26.0 Å². The predicted molar refractivity (Wildman–Crippen MR) is 97.5 cm³/mol. The first-order valence-corrected chi connectivity index (χ1v) is 9.85. The van der Waals surface area contributed by atoms with Gasteiger partial charge in [-0.25, -0.2) is 5.09 Å². The summed E-state index contributed by atoms with van der Waals surface area (Å²) >= 11 is 0. The number of rotatable bonds is 7. The highest BCUT2D eigenvalue weighted by Crippen LogP contribution is 2.40. The second kappa shape index (κ2) is 7.99. The van der Waals surface area contributed by atoms with Gasteiger partial charge in [-0.2, -0.15) is 4.45 Å². The van der Waals surface area contributed by atoms with E-state index < -0.39 is 36.9 Å². The van der Waals surface area contributed by atoms with E-state index in [2.05, 4.69) is 10.2 Å². The fourth-order valence-electron chi connectivity index (χ4n) is 2.43. The molecule has 2 rings (SSSR count). The maximum absolute atomic E-state index is 13.4. The zero-order valence-electron chi connectivity index (χ0n) is 15.0. The van der Waals surface area contributed by atoms with Crippen LogP contribution in [0, 0.1) is 0 Å². The number of H-pyrrole nitrogens is 1. The third kappa shape index (κ3) is 4.12. The van der Waals surface area contributed by atoms with Crippen molar-refractivity contribution in [3.63, 3.8) is 0 Å². The Morgan fingerprint density at radius 3 is 2.42 bits per heavy atom. The van der Waals surface area contributed by atoms with Crippen molar-refractivity contribution in [3.05, 3.63) is 45.0 Å². The zero-order valence-corrected chi connectivity index (χ0v) is 15.9. The second-order valence-electron chi connectivity index (χ2n) is 6.06. The Morgan fingerprint density at radius 1 is 1.23 bits per heavy atom. The standard InChI is InChI=1S/C16H22N3O6P/c1-10(2)25-16(22)11(3)18-26(23,9-24-4)19-15(21)13-8-6-5-7-12(13)14(20)17-19/h5-8,10-11H,9H2,1-4H3,(H,17,20)(H,18,23)/t11-,26?/m0/s1. The summed E-state index contributed by atoms with van der Waals surface area (Å²) in [5.41, 5.74) is -1.23. The van der Waals surface area contributed by atoms with Crippen LogP contribution < -0.4 is 16.2 Å². The predicted octanol–water partition coefficient (Wildman–Crippen LogP) is 1.26. The molecule has 1 aromatic heterocycles. The van der Waals surface area contributed by atoms with Crippen LogP contribution in [0.4, 0.5) is 0 Å². The number of nitrogens with one attached hydrogen (secondary N) is 2. The smallest absolute Gasteiger partial charge is 0.323 e. The molecule has 2 atom stereocenters. The average Bonchev–Trinajstić information content (AvgIpc) is 2.57. The van der Waals surface area contributed by atoms with Gasteiger partial charge in [-0.3, -0.25) is 24.0 Å². The van der Waals surface area contributed by atoms with Gasteiger partial charge in [-0.1, -0.05) is 12.1 Å². The summed E-state index contributed by atoms with van der Waals surface area (Å²) in [4.78, 5) is 37.0. The Kier molecular flexibility index (Phi) is 6.17. The number of hydrogen-bond acceptors (Lipinski definition) is 6. The lowest BCUT2D eigenvalue weighted by Crippen LogP contribution is -2.40. The van der Waals surface area contributed by atoms with Crippen LogP contribution in [0.2, 0.25) is 0 Å². The van der Waals surface area contributed by atoms with E-state index >= 15 is 0 Å². The van der Waals surface area contributed by atoms with Crippen LogP contribution in [0.5, 0.6) is 0 Å². The lowest BCUT2D eigenvalue weighted by Gasteiger charge is -2.24. The SMILES string of the molecule is COCP(=O)(N[C@@H](C)C(=O)OC(C)C)n1[nH]c(=O)c2ccccc2c1=O.